The number of aromatic nitrogens is 4. The minimum atomic E-state index is -0.165. The second kappa shape index (κ2) is 4.54. The van der Waals surface area contributed by atoms with Gasteiger partial charge in [0, 0.05) is 24.2 Å². The number of hydrazine groups is 1. The van der Waals surface area contributed by atoms with Crippen LogP contribution in [-0.4, -0.2) is 20.2 Å². The van der Waals surface area contributed by atoms with Crippen molar-refractivity contribution in [1.82, 2.24) is 25.6 Å². The summed E-state index contributed by atoms with van der Waals surface area (Å²) < 4.78 is 0. The number of hydrogen-bond acceptors (Lipinski definition) is 6. The zero-order valence-corrected chi connectivity index (χ0v) is 7.91. The number of rotatable bonds is 3. The second-order valence-corrected chi connectivity index (χ2v) is 2.95. The molecule has 0 aliphatic rings. The highest BCUT2D eigenvalue weighted by Crippen LogP contribution is 2.17. The maximum Gasteiger partial charge on any atom is 0.115 e. The molecule has 6 heteroatoms. The molecular weight excluding hydrogens is 192 g/mol. The molecule has 0 aliphatic carbocycles. The molecule has 0 saturated carbocycles. The predicted octanol–water partition coefficient (Wildman–Crippen LogP) is -0.181. The lowest BCUT2D eigenvalue weighted by atomic mass is 10.1. The van der Waals surface area contributed by atoms with Gasteiger partial charge in [-0.25, -0.2) is 15.4 Å². The molecular formula is C9H10N6. The van der Waals surface area contributed by atoms with Crippen molar-refractivity contribution in [2.24, 2.45) is 5.84 Å². The van der Waals surface area contributed by atoms with Gasteiger partial charge < -0.3 is 0 Å². The highest BCUT2D eigenvalue weighted by Gasteiger charge is 2.12. The molecule has 2 aromatic rings. The summed E-state index contributed by atoms with van der Waals surface area (Å²) in [4.78, 5) is 7.87. The molecule has 6 nitrogen and oxygen atoms in total. The number of nitrogens with zero attached hydrogens (tertiary/aromatic N) is 4. The van der Waals surface area contributed by atoms with E-state index in [1.807, 2.05) is 6.07 Å². The fraction of sp³-hybridized carbons (Fsp3) is 0.111. The first kappa shape index (κ1) is 9.63. The van der Waals surface area contributed by atoms with Crippen molar-refractivity contribution < 1.29 is 0 Å². The van der Waals surface area contributed by atoms with Crippen LogP contribution >= 0.6 is 0 Å². The van der Waals surface area contributed by atoms with Crippen LogP contribution in [0.4, 0.5) is 0 Å². The molecule has 2 heterocycles. The molecule has 15 heavy (non-hydrogen) atoms. The molecule has 0 spiro atoms. The van der Waals surface area contributed by atoms with Crippen LogP contribution in [0.25, 0.3) is 0 Å². The summed E-state index contributed by atoms with van der Waals surface area (Å²) in [6, 6.07) is 1.67. The van der Waals surface area contributed by atoms with Crippen LogP contribution in [0, 0.1) is 0 Å². The summed E-state index contributed by atoms with van der Waals surface area (Å²) in [7, 11) is 0. The van der Waals surface area contributed by atoms with Gasteiger partial charge >= 0.3 is 0 Å². The molecule has 0 aromatic carbocycles. The molecule has 0 bridgehead atoms. The zero-order chi connectivity index (χ0) is 10.5. The van der Waals surface area contributed by atoms with E-state index in [1.54, 1.807) is 24.8 Å². The monoisotopic (exact) mass is 202 g/mol. The number of nitrogens with one attached hydrogen (secondary N) is 1. The summed E-state index contributed by atoms with van der Waals surface area (Å²) >= 11 is 0. The van der Waals surface area contributed by atoms with E-state index in [1.165, 1.54) is 6.33 Å². The van der Waals surface area contributed by atoms with E-state index in [9.17, 15) is 0 Å². The van der Waals surface area contributed by atoms with E-state index < -0.39 is 0 Å². The minimum Gasteiger partial charge on any atom is -0.271 e. The molecule has 0 aliphatic heterocycles. The Kier molecular flexibility index (Phi) is 2.91. The van der Waals surface area contributed by atoms with Crippen molar-refractivity contribution in [3.63, 3.8) is 0 Å². The van der Waals surface area contributed by atoms with E-state index >= 15 is 0 Å². The Morgan fingerprint density at radius 3 is 2.47 bits per heavy atom. The fourth-order valence-electron chi connectivity index (χ4n) is 1.32. The lowest BCUT2D eigenvalue weighted by Gasteiger charge is -2.14. The third-order valence-corrected chi connectivity index (χ3v) is 2.02. The minimum absolute atomic E-state index is 0.165. The van der Waals surface area contributed by atoms with Crippen molar-refractivity contribution >= 4 is 0 Å². The third kappa shape index (κ3) is 2.12. The molecule has 1 unspecified atom stereocenters. The topological polar surface area (TPSA) is 89.6 Å². The van der Waals surface area contributed by atoms with Crippen LogP contribution in [0.15, 0.2) is 37.2 Å². The average Bonchev–Trinajstić information content (AvgIpc) is 2.33. The predicted molar refractivity (Wildman–Crippen MR) is 53.2 cm³/mol. The van der Waals surface area contributed by atoms with Gasteiger partial charge in [-0.05, 0) is 11.6 Å². The normalized spacial score (nSPS) is 12.3. The maximum atomic E-state index is 5.48. The Morgan fingerprint density at radius 2 is 1.87 bits per heavy atom. The molecule has 2 aromatic heterocycles. The van der Waals surface area contributed by atoms with Crippen LogP contribution in [0.1, 0.15) is 17.2 Å². The molecule has 3 N–H and O–H groups in total. The largest absolute Gasteiger partial charge is 0.271 e. The first-order chi connectivity index (χ1) is 7.42. The lowest BCUT2D eigenvalue weighted by molar-refractivity contribution is 0.627. The highest BCUT2D eigenvalue weighted by atomic mass is 15.2. The van der Waals surface area contributed by atoms with Crippen LogP contribution in [-0.2, 0) is 0 Å². The van der Waals surface area contributed by atoms with Gasteiger partial charge in [-0.2, -0.15) is 10.2 Å². The van der Waals surface area contributed by atoms with Crippen molar-refractivity contribution in [3.05, 3.63) is 48.3 Å². The SMILES string of the molecule is NNC(c1cncnc1)c1ccnnc1. The van der Waals surface area contributed by atoms with Gasteiger partial charge in [-0.1, -0.05) is 0 Å². The van der Waals surface area contributed by atoms with E-state index in [0.29, 0.717) is 0 Å². The van der Waals surface area contributed by atoms with Gasteiger partial charge in [0.1, 0.15) is 6.33 Å². The Bertz CT molecular complexity index is 364. The molecule has 76 valence electrons. The van der Waals surface area contributed by atoms with E-state index in [0.717, 1.165) is 11.1 Å². The summed E-state index contributed by atoms with van der Waals surface area (Å²) in [5, 5.41) is 7.50. The van der Waals surface area contributed by atoms with Crippen molar-refractivity contribution in [2.75, 3.05) is 0 Å². The Hall–Kier alpha value is -1.92. The summed E-state index contributed by atoms with van der Waals surface area (Å²) in [5.41, 5.74) is 4.49. The van der Waals surface area contributed by atoms with Gasteiger partial charge in [-0.15, -0.1) is 0 Å². The van der Waals surface area contributed by atoms with Crippen LogP contribution in [0.3, 0.4) is 0 Å². The molecule has 0 radical (unpaired) electrons. The quantitative estimate of drug-likeness (QED) is 0.530. The van der Waals surface area contributed by atoms with Crippen LogP contribution < -0.4 is 11.3 Å². The standard InChI is InChI=1S/C9H10N6/c10-15-9(7-1-2-13-14-5-7)8-3-11-6-12-4-8/h1-6,9,15H,10H2. The summed E-state index contributed by atoms with van der Waals surface area (Å²) in [5.74, 6) is 5.48. The fourth-order valence-corrected chi connectivity index (χ4v) is 1.32. The van der Waals surface area contributed by atoms with Crippen molar-refractivity contribution in [2.45, 2.75) is 6.04 Å². The van der Waals surface area contributed by atoms with Gasteiger partial charge in [0.05, 0.1) is 12.2 Å². The maximum absolute atomic E-state index is 5.48. The Balaban J connectivity index is 2.34. The average molecular weight is 202 g/mol. The van der Waals surface area contributed by atoms with Gasteiger partial charge in [-0.3, -0.25) is 5.84 Å². The van der Waals surface area contributed by atoms with E-state index in [4.69, 9.17) is 5.84 Å². The van der Waals surface area contributed by atoms with Crippen LogP contribution in [0.5, 0.6) is 0 Å². The zero-order valence-electron chi connectivity index (χ0n) is 7.91. The summed E-state index contributed by atoms with van der Waals surface area (Å²) in [6.45, 7) is 0. The first-order valence-corrected chi connectivity index (χ1v) is 4.39. The molecule has 0 fully saturated rings. The van der Waals surface area contributed by atoms with Gasteiger partial charge in [0.2, 0.25) is 0 Å². The second-order valence-electron chi connectivity index (χ2n) is 2.95. The number of nitrogens with two attached hydrogens (primary N) is 1. The first-order valence-electron chi connectivity index (χ1n) is 4.39. The lowest BCUT2D eigenvalue weighted by Crippen LogP contribution is -2.29. The van der Waals surface area contributed by atoms with Gasteiger partial charge in [0.15, 0.2) is 0 Å². The molecule has 0 saturated heterocycles. The van der Waals surface area contributed by atoms with Gasteiger partial charge in [0.25, 0.3) is 0 Å². The highest BCUT2D eigenvalue weighted by molar-refractivity contribution is 5.24. The summed E-state index contributed by atoms with van der Waals surface area (Å²) in [6.07, 6.45) is 8.15. The smallest absolute Gasteiger partial charge is 0.115 e. The van der Waals surface area contributed by atoms with E-state index in [2.05, 4.69) is 25.6 Å². The molecule has 0 amide bonds. The third-order valence-electron chi connectivity index (χ3n) is 2.02. The Labute approximate surface area is 86.6 Å². The van der Waals surface area contributed by atoms with Crippen LogP contribution in [0.2, 0.25) is 0 Å². The molecule has 2 rings (SSSR count). The van der Waals surface area contributed by atoms with E-state index in [-0.39, 0.29) is 6.04 Å². The Morgan fingerprint density at radius 1 is 1.07 bits per heavy atom. The van der Waals surface area contributed by atoms with Crippen molar-refractivity contribution in [1.29, 1.82) is 0 Å². The number of hydrogen-bond donors (Lipinski definition) is 2. The van der Waals surface area contributed by atoms with Crippen molar-refractivity contribution in [3.8, 4) is 0 Å². The molecule has 1 atom stereocenters.